The SMILES string of the molecule is O=C(O)C(F)(F)F.c1ccc2c(c1)CCCN2. The number of benzene rings is 1. The third-order valence-corrected chi connectivity index (χ3v) is 2.20. The van der Waals surface area contributed by atoms with E-state index in [0.29, 0.717) is 0 Å². The maximum absolute atomic E-state index is 10.6. The van der Waals surface area contributed by atoms with Gasteiger partial charge in [-0.3, -0.25) is 0 Å². The van der Waals surface area contributed by atoms with Gasteiger partial charge in [-0.05, 0) is 24.5 Å². The van der Waals surface area contributed by atoms with Gasteiger partial charge in [0.25, 0.3) is 0 Å². The van der Waals surface area contributed by atoms with Crippen molar-refractivity contribution in [2.24, 2.45) is 0 Å². The summed E-state index contributed by atoms with van der Waals surface area (Å²) in [6.07, 6.45) is -2.57. The number of alkyl halides is 3. The number of carboxylic acids is 1. The van der Waals surface area contributed by atoms with E-state index in [2.05, 4.69) is 29.6 Å². The summed E-state index contributed by atoms with van der Waals surface area (Å²) in [7, 11) is 0. The maximum Gasteiger partial charge on any atom is 0.490 e. The monoisotopic (exact) mass is 247 g/mol. The number of nitrogens with one attached hydrogen (secondary N) is 1. The number of aliphatic carboxylic acids is 1. The largest absolute Gasteiger partial charge is 0.490 e. The first-order valence-electron chi connectivity index (χ1n) is 5.03. The van der Waals surface area contributed by atoms with E-state index in [1.807, 2.05) is 0 Å². The first-order chi connectivity index (χ1) is 7.91. The molecule has 0 saturated carbocycles. The number of anilines is 1. The fourth-order valence-corrected chi connectivity index (χ4v) is 1.41. The zero-order valence-electron chi connectivity index (χ0n) is 8.92. The molecule has 1 aromatic carbocycles. The van der Waals surface area contributed by atoms with Crippen LogP contribution >= 0.6 is 0 Å². The molecule has 6 heteroatoms. The third kappa shape index (κ3) is 4.34. The zero-order chi connectivity index (χ0) is 12.9. The zero-order valence-corrected chi connectivity index (χ0v) is 8.92. The Bertz CT molecular complexity index is 366. The molecule has 1 heterocycles. The van der Waals surface area contributed by atoms with E-state index >= 15 is 0 Å². The Balaban J connectivity index is 0.000000185. The van der Waals surface area contributed by atoms with E-state index < -0.39 is 12.1 Å². The van der Waals surface area contributed by atoms with Crippen LogP contribution in [-0.2, 0) is 11.2 Å². The van der Waals surface area contributed by atoms with Gasteiger partial charge in [-0.2, -0.15) is 13.2 Å². The van der Waals surface area contributed by atoms with Crippen LogP contribution in [0.2, 0.25) is 0 Å². The molecule has 2 rings (SSSR count). The Morgan fingerprint density at radius 1 is 1.29 bits per heavy atom. The first-order valence-corrected chi connectivity index (χ1v) is 5.03. The summed E-state index contributed by atoms with van der Waals surface area (Å²) >= 11 is 0. The minimum absolute atomic E-state index is 1.14. The smallest absolute Gasteiger partial charge is 0.475 e. The number of halogens is 3. The van der Waals surface area contributed by atoms with Gasteiger partial charge in [0.2, 0.25) is 0 Å². The van der Waals surface area contributed by atoms with Crippen molar-refractivity contribution in [3.8, 4) is 0 Å². The van der Waals surface area contributed by atoms with E-state index in [9.17, 15) is 13.2 Å². The van der Waals surface area contributed by atoms with Crippen molar-refractivity contribution in [1.82, 2.24) is 0 Å². The van der Waals surface area contributed by atoms with Gasteiger partial charge >= 0.3 is 12.1 Å². The van der Waals surface area contributed by atoms with Gasteiger partial charge in [0, 0.05) is 12.2 Å². The lowest BCUT2D eigenvalue weighted by molar-refractivity contribution is -0.192. The second-order valence-electron chi connectivity index (χ2n) is 3.49. The molecule has 1 aromatic rings. The average molecular weight is 247 g/mol. The van der Waals surface area contributed by atoms with Crippen LogP contribution in [0.15, 0.2) is 24.3 Å². The second kappa shape index (κ2) is 5.56. The van der Waals surface area contributed by atoms with Crippen LogP contribution in [0.3, 0.4) is 0 Å². The van der Waals surface area contributed by atoms with Gasteiger partial charge in [-0.15, -0.1) is 0 Å². The Kier molecular flexibility index (Phi) is 4.37. The molecule has 1 aliphatic heterocycles. The van der Waals surface area contributed by atoms with Crippen molar-refractivity contribution in [2.75, 3.05) is 11.9 Å². The predicted octanol–water partition coefficient (Wildman–Crippen LogP) is 2.68. The highest BCUT2D eigenvalue weighted by Crippen LogP contribution is 2.20. The molecule has 0 aromatic heterocycles. The molecule has 0 aliphatic carbocycles. The quantitative estimate of drug-likeness (QED) is 0.741. The number of hydrogen-bond acceptors (Lipinski definition) is 2. The Labute approximate surface area is 96.3 Å². The first kappa shape index (κ1) is 13.3. The van der Waals surface area contributed by atoms with Crippen molar-refractivity contribution in [3.05, 3.63) is 29.8 Å². The van der Waals surface area contributed by atoms with Gasteiger partial charge < -0.3 is 10.4 Å². The number of fused-ring (bicyclic) bond motifs is 1. The van der Waals surface area contributed by atoms with E-state index in [4.69, 9.17) is 9.90 Å². The summed E-state index contributed by atoms with van der Waals surface area (Å²) in [5.41, 5.74) is 2.79. The average Bonchev–Trinajstić information content (AvgIpc) is 2.29. The number of rotatable bonds is 0. The van der Waals surface area contributed by atoms with Crippen LogP contribution in [-0.4, -0.2) is 23.8 Å². The summed E-state index contributed by atoms with van der Waals surface area (Å²) in [6, 6.07) is 8.53. The van der Waals surface area contributed by atoms with Crippen molar-refractivity contribution in [1.29, 1.82) is 0 Å². The minimum atomic E-state index is -5.08. The summed E-state index contributed by atoms with van der Waals surface area (Å²) in [5, 5.41) is 10.5. The number of carbonyl (C=O) groups is 1. The molecule has 0 fully saturated rings. The summed E-state index contributed by atoms with van der Waals surface area (Å²) in [5.74, 6) is -2.76. The molecule has 0 saturated heterocycles. The van der Waals surface area contributed by atoms with Crippen LogP contribution in [0.1, 0.15) is 12.0 Å². The number of para-hydroxylation sites is 1. The van der Waals surface area contributed by atoms with Gasteiger partial charge in [0.15, 0.2) is 0 Å². The molecular weight excluding hydrogens is 235 g/mol. The summed E-state index contributed by atoms with van der Waals surface area (Å²) < 4.78 is 31.7. The Morgan fingerprint density at radius 2 is 1.88 bits per heavy atom. The molecular formula is C11H12F3NO2. The van der Waals surface area contributed by atoms with Crippen LogP contribution in [0, 0.1) is 0 Å². The highest BCUT2D eigenvalue weighted by molar-refractivity contribution is 5.73. The molecule has 0 unspecified atom stereocenters. The molecule has 1 aliphatic rings. The van der Waals surface area contributed by atoms with Crippen molar-refractivity contribution >= 4 is 11.7 Å². The second-order valence-corrected chi connectivity index (χ2v) is 3.49. The number of aryl methyl sites for hydroxylation is 1. The highest BCUT2D eigenvalue weighted by Gasteiger charge is 2.38. The topological polar surface area (TPSA) is 49.3 Å². The Hall–Kier alpha value is -1.72. The fourth-order valence-electron chi connectivity index (χ4n) is 1.41. The Morgan fingerprint density at radius 3 is 2.41 bits per heavy atom. The summed E-state index contributed by atoms with van der Waals surface area (Å²) in [6.45, 7) is 1.14. The van der Waals surface area contributed by atoms with E-state index in [1.165, 1.54) is 24.1 Å². The molecule has 0 atom stereocenters. The molecule has 17 heavy (non-hydrogen) atoms. The van der Waals surface area contributed by atoms with Crippen LogP contribution in [0.4, 0.5) is 18.9 Å². The van der Waals surface area contributed by atoms with Gasteiger partial charge in [-0.25, -0.2) is 4.79 Å². The van der Waals surface area contributed by atoms with E-state index in [0.717, 1.165) is 6.54 Å². The van der Waals surface area contributed by atoms with Gasteiger partial charge in [0.05, 0.1) is 0 Å². The standard InChI is InChI=1S/C9H11N.C2HF3O2/c1-2-6-9-8(4-1)5-3-7-10-9;3-2(4,5)1(6)7/h1-2,4,6,10H,3,5,7H2;(H,6,7). The highest BCUT2D eigenvalue weighted by atomic mass is 19.4. The number of carboxylic acid groups (broad SMARTS) is 1. The lowest BCUT2D eigenvalue weighted by Crippen LogP contribution is -2.21. The van der Waals surface area contributed by atoms with Crippen molar-refractivity contribution in [3.63, 3.8) is 0 Å². The van der Waals surface area contributed by atoms with Gasteiger partial charge in [-0.1, -0.05) is 18.2 Å². The molecule has 2 N–H and O–H groups in total. The normalized spacial score (nSPS) is 13.8. The lowest BCUT2D eigenvalue weighted by Gasteiger charge is -2.16. The van der Waals surface area contributed by atoms with Crippen molar-refractivity contribution < 1.29 is 23.1 Å². The number of hydrogen-bond donors (Lipinski definition) is 2. The molecule has 3 nitrogen and oxygen atoms in total. The predicted molar refractivity (Wildman–Crippen MR) is 56.9 cm³/mol. The minimum Gasteiger partial charge on any atom is -0.475 e. The van der Waals surface area contributed by atoms with Gasteiger partial charge in [0.1, 0.15) is 0 Å². The third-order valence-electron chi connectivity index (χ3n) is 2.20. The molecule has 0 spiro atoms. The van der Waals surface area contributed by atoms with E-state index in [-0.39, 0.29) is 0 Å². The van der Waals surface area contributed by atoms with Crippen molar-refractivity contribution in [2.45, 2.75) is 19.0 Å². The lowest BCUT2D eigenvalue weighted by atomic mass is 10.0. The molecule has 0 amide bonds. The van der Waals surface area contributed by atoms with Crippen LogP contribution in [0.5, 0.6) is 0 Å². The fraction of sp³-hybridized carbons (Fsp3) is 0.364. The summed E-state index contributed by atoms with van der Waals surface area (Å²) in [4.78, 5) is 8.90. The molecule has 0 bridgehead atoms. The maximum atomic E-state index is 10.6. The van der Waals surface area contributed by atoms with Crippen LogP contribution in [0.25, 0.3) is 0 Å². The van der Waals surface area contributed by atoms with E-state index in [1.54, 1.807) is 0 Å². The van der Waals surface area contributed by atoms with Crippen LogP contribution < -0.4 is 5.32 Å². The molecule has 0 radical (unpaired) electrons. The molecule has 94 valence electrons.